The Morgan fingerprint density at radius 1 is 1.02 bits per heavy atom. The van der Waals surface area contributed by atoms with E-state index in [1.54, 1.807) is 0 Å². The number of rotatable bonds is 10. The van der Waals surface area contributed by atoms with Crippen molar-refractivity contribution in [1.82, 2.24) is 42.5 Å². The van der Waals surface area contributed by atoms with Crippen LogP contribution >= 0.6 is 0 Å². The van der Waals surface area contributed by atoms with Crippen LogP contribution in [0.25, 0.3) is 0 Å². The van der Waals surface area contributed by atoms with Crippen LogP contribution in [0.3, 0.4) is 0 Å². The molecule has 1 unspecified atom stereocenters. The number of primary amides is 1. The lowest BCUT2D eigenvalue weighted by molar-refractivity contribution is -0.134. The molecule has 1 fully saturated rings. The molecule has 0 aromatic rings. The van der Waals surface area contributed by atoms with Gasteiger partial charge in [0.15, 0.2) is 5.96 Å². The van der Waals surface area contributed by atoms with E-state index in [0.717, 1.165) is 6.20 Å². The van der Waals surface area contributed by atoms with Gasteiger partial charge in [-0.3, -0.25) is 33.8 Å². The van der Waals surface area contributed by atoms with E-state index in [2.05, 4.69) is 42.2 Å². The summed E-state index contributed by atoms with van der Waals surface area (Å²) in [6.45, 7) is -1.36. The van der Waals surface area contributed by atoms with Gasteiger partial charge in [-0.05, 0) is 25.8 Å². The summed E-state index contributed by atoms with van der Waals surface area (Å²) >= 11 is 0. The summed E-state index contributed by atoms with van der Waals surface area (Å²) in [4.78, 5) is 93.9. The van der Waals surface area contributed by atoms with Gasteiger partial charge in [-0.15, -0.1) is 0 Å². The lowest BCUT2D eigenvalue weighted by atomic mass is 10.0. The molecule has 22 heteroatoms. The SMILES string of the molecule is NCCC[C@H](N)CC(=O)NC[C@@H]1NC(=O)[C@H](CO)NC(=O)[C@@H](N)CNC(=O)[C@@H](C2CCN=C(N)N2)NC(=O)/C(=C/NC(N)=O)NC1=O. The van der Waals surface area contributed by atoms with Crippen molar-refractivity contribution < 1.29 is 38.7 Å². The Balaban J connectivity index is 2.45. The normalized spacial score (nSPS) is 26.3. The number of carbonyl (C=O) groups excluding carboxylic acids is 7. The molecular weight excluding hydrogens is 624 g/mol. The zero-order valence-electron chi connectivity index (χ0n) is 25.5. The monoisotopic (exact) mass is 668 g/mol. The molecule has 0 aromatic heterocycles. The fourth-order valence-corrected chi connectivity index (χ4v) is 4.35. The molecule has 2 rings (SSSR count). The van der Waals surface area contributed by atoms with Crippen molar-refractivity contribution in [2.24, 2.45) is 33.7 Å². The summed E-state index contributed by atoms with van der Waals surface area (Å²) in [5, 5.41) is 28.7. The van der Waals surface area contributed by atoms with Gasteiger partial charge in [0, 0.05) is 38.3 Å². The van der Waals surface area contributed by atoms with E-state index >= 15 is 0 Å². The van der Waals surface area contributed by atoms with Gasteiger partial charge in [0.25, 0.3) is 5.91 Å². The van der Waals surface area contributed by atoms with Crippen molar-refractivity contribution in [3.05, 3.63) is 11.9 Å². The van der Waals surface area contributed by atoms with Crippen LogP contribution in [0.5, 0.6) is 0 Å². The zero-order valence-corrected chi connectivity index (χ0v) is 25.5. The molecule has 2 heterocycles. The van der Waals surface area contributed by atoms with Gasteiger partial charge in [-0.25, -0.2) is 4.79 Å². The van der Waals surface area contributed by atoms with Crippen LogP contribution in [-0.4, -0.2) is 122 Å². The molecule has 0 saturated carbocycles. The standard InChI is InChI=1S/C25H44N14O8/c26-4-1-2-11(27)6-17(41)32-8-14-20(43)35-15(9-34-25(30)47)21(44)39-18(13-3-5-31-24(29)38-13)23(46)33-7-12(28)19(42)37-16(10-40)22(45)36-14/h9,11-14,16,18,40H,1-8,10,26-28H2,(H,32,41)(H,33,46)(H,35,43)(H,36,45)(H,37,42)(H,39,44)(H3,29,31,38)(H3,30,34,47)/b15-9-/t11-,12-,13?,14-,16-,18+/m0/s1. The van der Waals surface area contributed by atoms with Crippen LogP contribution in [0.1, 0.15) is 25.7 Å². The number of amides is 8. The highest BCUT2D eigenvalue weighted by molar-refractivity contribution is 6.02. The van der Waals surface area contributed by atoms with Crippen LogP contribution in [0.4, 0.5) is 4.79 Å². The Morgan fingerprint density at radius 2 is 1.72 bits per heavy atom. The van der Waals surface area contributed by atoms with Crippen molar-refractivity contribution in [2.45, 2.75) is 61.9 Å². The summed E-state index contributed by atoms with van der Waals surface area (Å²) in [6, 6.07) is -8.54. The number of guanidine groups is 1. The van der Waals surface area contributed by atoms with Gasteiger partial charge in [-0.1, -0.05) is 0 Å². The first kappa shape index (κ1) is 38.1. The molecule has 0 aliphatic carbocycles. The predicted octanol–water partition coefficient (Wildman–Crippen LogP) is -8.23. The number of aliphatic hydroxyl groups excluding tert-OH is 1. The molecular formula is C25H44N14O8. The number of aliphatic hydroxyl groups is 1. The zero-order chi connectivity index (χ0) is 35.1. The highest BCUT2D eigenvalue weighted by Crippen LogP contribution is 2.07. The van der Waals surface area contributed by atoms with Crippen LogP contribution in [0.15, 0.2) is 16.9 Å². The molecule has 0 radical (unpaired) electrons. The fourth-order valence-electron chi connectivity index (χ4n) is 4.35. The van der Waals surface area contributed by atoms with E-state index in [-0.39, 0.29) is 25.3 Å². The topological polar surface area (TPSA) is 378 Å². The summed E-state index contributed by atoms with van der Waals surface area (Å²) < 4.78 is 0. The smallest absolute Gasteiger partial charge is 0.316 e. The molecule has 0 aromatic carbocycles. The number of nitrogens with zero attached hydrogens (tertiary/aromatic N) is 1. The first-order chi connectivity index (χ1) is 22.2. The Labute approximate surface area is 269 Å². The molecule has 6 atom stereocenters. The van der Waals surface area contributed by atoms with Crippen molar-refractivity contribution in [1.29, 1.82) is 0 Å². The maximum atomic E-state index is 13.5. The first-order valence-electron chi connectivity index (χ1n) is 14.7. The largest absolute Gasteiger partial charge is 0.394 e. The minimum Gasteiger partial charge on any atom is -0.394 e. The van der Waals surface area contributed by atoms with Gasteiger partial charge in [0.05, 0.1) is 12.6 Å². The van der Waals surface area contributed by atoms with Crippen LogP contribution in [-0.2, 0) is 28.8 Å². The Hall–Kier alpha value is -5.06. The van der Waals surface area contributed by atoms with Crippen molar-refractivity contribution in [2.75, 3.05) is 32.8 Å². The molecule has 22 nitrogen and oxygen atoms in total. The molecule has 262 valence electrons. The van der Waals surface area contributed by atoms with E-state index in [4.69, 9.17) is 28.7 Å². The summed E-state index contributed by atoms with van der Waals surface area (Å²) in [5.41, 5.74) is 27.6. The Kier molecular flexibility index (Phi) is 15.2. The molecule has 2 aliphatic heterocycles. The lowest BCUT2D eigenvalue weighted by Gasteiger charge is -2.31. The summed E-state index contributed by atoms with van der Waals surface area (Å²) in [5.74, 6) is -5.62. The Bertz CT molecular complexity index is 1240. The van der Waals surface area contributed by atoms with Gasteiger partial charge in [-0.2, -0.15) is 0 Å². The van der Waals surface area contributed by atoms with Gasteiger partial charge < -0.3 is 76.3 Å². The van der Waals surface area contributed by atoms with E-state index in [9.17, 15) is 38.7 Å². The number of urea groups is 1. The molecule has 0 bridgehead atoms. The third-order valence-electron chi connectivity index (χ3n) is 6.90. The Morgan fingerprint density at radius 3 is 2.36 bits per heavy atom. The first-order valence-corrected chi connectivity index (χ1v) is 14.7. The number of carbonyl (C=O) groups is 7. The number of hydrogen-bond donors (Lipinski definition) is 14. The molecule has 19 N–H and O–H groups in total. The van der Waals surface area contributed by atoms with E-state index in [1.165, 1.54) is 0 Å². The van der Waals surface area contributed by atoms with Crippen LogP contribution in [0, 0.1) is 0 Å². The number of nitrogens with two attached hydrogens (primary N) is 5. The number of aliphatic imine (C=N–C) groups is 1. The average Bonchev–Trinajstić information content (AvgIpc) is 3.02. The second-order valence-electron chi connectivity index (χ2n) is 10.7. The van der Waals surface area contributed by atoms with Gasteiger partial charge in [0.2, 0.25) is 29.5 Å². The van der Waals surface area contributed by atoms with Crippen molar-refractivity contribution in [3.63, 3.8) is 0 Å². The van der Waals surface area contributed by atoms with Gasteiger partial charge in [0.1, 0.15) is 29.9 Å². The van der Waals surface area contributed by atoms with Crippen LogP contribution < -0.4 is 71.2 Å². The summed E-state index contributed by atoms with van der Waals surface area (Å²) in [6.07, 6.45) is 1.86. The number of hydrogen-bond acceptors (Lipinski definition) is 14. The van der Waals surface area contributed by atoms with E-state index < -0.39 is 103 Å². The van der Waals surface area contributed by atoms with E-state index in [1.807, 2.05) is 5.32 Å². The summed E-state index contributed by atoms with van der Waals surface area (Å²) in [7, 11) is 0. The minimum absolute atomic E-state index is 0.0120. The average molecular weight is 669 g/mol. The number of nitrogens with one attached hydrogen (secondary N) is 8. The molecule has 1 saturated heterocycles. The highest BCUT2D eigenvalue weighted by Gasteiger charge is 2.35. The molecule has 8 amide bonds. The third kappa shape index (κ3) is 12.7. The minimum atomic E-state index is -1.63. The molecule has 47 heavy (non-hydrogen) atoms. The maximum Gasteiger partial charge on any atom is 0.316 e. The molecule has 2 aliphatic rings. The van der Waals surface area contributed by atoms with Crippen molar-refractivity contribution >= 4 is 47.4 Å². The third-order valence-corrected chi connectivity index (χ3v) is 6.90. The highest BCUT2D eigenvalue weighted by atomic mass is 16.3. The predicted molar refractivity (Wildman–Crippen MR) is 165 cm³/mol. The van der Waals surface area contributed by atoms with E-state index in [0.29, 0.717) is 19.4 Å². The molecule has 0 spiro atoms. The maximum absolute atomic E-state index is 13.5. The second kappa shape index (κ2) is 18.8. The second-order valence-corrected chi connectivity index (χ2v) is 10.7. The quantitative estimate of drug-likeness (QED) is 0.0963. The fraction of sp³-hybridized carbons (Fsp3) is 0.600. The van der Waals surface area contributed by atoms with Gasteiger partial charge >= 0.3 is 6.03 Å². The van der Waals surface area contributed by atoms with Crippen molar-refractivity contribution in [3.8, 4) is 0 Å². The van der Waals surface area contributed by atoms with Crippen LogP contribution in [0.2, 0.25) is 0 Å². The lowest BCUT2D eigenvalue weighted by Crippen LogP contribution is -2.64.